The molecule has 0 aliphatic heterocycles. The maximum atomic E-state index is 5.70. The van der Waals surface area contributed by atoms with Crippen molar-refractivity contribution in [1.29, 1.82) is 0 Å². The van der Waals surface area contributed by atoms with Gasteiger partial charge in [-0.05, 0) is 36.6 Å². The van der Waals surface area contributed by atoms with E-state index in [0.29, 0.717) is 16.9 Å². The smallest absolute Gasteiger partial charge is 0.277 e. The molecule has 0 N–H and O–H groups in total. The molecule has 0 fully saturated rings. The summed E-state index contributed by atoms with van der Waals surface area (Å²) in [5, 5.41) is 11.8. The summed E-state index contributed by atoms with van der Waals surface area (Å²) in [5.74, 6) is 1.94. The zero-order chi connectivity index (χ0) is 20.1. The van der Waals surface area contributed by atoms with Gasteiger partial charge in [-0.1, -0.05) is 55.1 Å². The highest BCUT2D eigenvalue weighted by molar-refractivity contribution is 7.98. The van der Waals surface area contributed by atoms with Crippen LogP contribution >= 0.6 is 23.1 Å². The third kappa shape index (κ3) is 5.25. The van der Waals surface area contributed by atoms with Crippen molar-refractivity contribution in [2.75, 3.05) is 0 Å². The Labute approximate surface area is 178 Å². The number of rotatable bonds is 8. The number of hydrogen-bond donors (Lipinski definition) is 0. The second kappa shape index (κ2) is 9.24. The summed E-state index contributed by atoms with van der Waals surface area (Å²) in [6.07, 6.45) is 1.04. The Morgan fingerprint density at radius 2 is 1.97 bits per heavy atom. The molecule has 7 heteroatoms. The van der Waals surface area contributed by atoms with Crippen molar-refractivity contribution in [3.05, 3.63) is 76.6 Å². The van der Waals surface area contributed by atoms with Crippen LogP contribution in [0, 0.1) is 6.92 Å². The van der Waals surface area contributed by atoms with E-state index in [1.54, 1.807) is 11.3 Å². The predicted octanol–water partition coefficient (Wildman–Crippen LogP) is 5.94. The molecule has 0 saturated carbocycles. The highest BCUT2D eigenvalue weighted by Crippen LogP contribution is 2.28. The average molecular weight is 424 g/mol. The van der Waals surface area contributed by atoms with Crippen LogP contribution in [0.2, 0.25) is 0 Å². The summed E-state index contributed by atoms with van der Waals surface area (Å²) < 4.78 is 11.4. The SMILES string of the molecule is CCc1ccc(-c2nc(CSc3nnc(COc4cccc(C)c4)o3)cs2)cc1. The lowest BCUT2D eigenvalue weighted by Crippen LogP contribution is -1.95. The van der Waals surface area contributed by atoms with Gasteiger partial charge < -0.3 is 9.15 Å². The highest BCUT2D eigenvalue weighted by atomic mass is 32.2. The number of nitrogens with zero attached hydrogens (tertiary/aromatic N) is 3. The highest BCUT2D eigenvalue weighted by Gasteiger charge is 2.10. The van der Waals surface area contributed by atoms with Gasteiger partial charge in [0.05, 0.1) is 5.69 Å². The number of aryl methyl sites for hydroxylation is 2. The molecule has 2 aromatic carbocycles. The summed E-state index contributed by atoms with van der Waals surface area (Å²) in [6.45, 7) is 4.44. The van der Waals surface area contributed by atoms with Crippen molar-refractivity contribution < 1.29 is 9.15 Å². The van der Waals surface area contributed by atoms with Gasteiger partial charge in [0.25, 0.3) is 11.1 Å². The standard InChI is InChI=1S/C22H21N3O2S2/c1-3-16-7-9-17(10-8-16)21-23-18(13-28-21)14-29-22-25-24-20(27-22)12-26-19-6-4-5-15(2)11-19/h4-11,13H,3,12,14H2,1-2H3. The molecule has 4 rings (SSSR count). The van der Waals surface area contributed by atoms with Crippen LogP contribution in [-0.4, -0.2) is 15.2 Å². The molecule has 4 aromatic rings. The second-order valence-corrected chi connectivity index (χ2v) is 8.33. The third-order valence-corrected chi connectivity index (χ3v) is 6.10. The number of hydrogen-bond acceptors (Lipinski definition) is 7. The van der Waals surface area contributed by atoms with Crippen LogP contribution in [0.4, 0.5) is 0 Å². The first-order valence-electron chi connectivity index (χ1n) is 9.38. The van der Waals surface area contributed by atoms with E-state index in [0.717, 1.165) is 34.0 Å². The van der Waals surface area contributed by atoms with Gasteiger partial charge in [-0.15, -0.1) is 21.5 Å². The van der Waals surface area contributed by atoms with Gasteiger partial charge in [-0.25, -0.2) is 4.98 Å². The molecule has 0 saturated heterocycles. The Morgan fingerprint density at radius 1 is 1.10 bits per heavy atom. The van der Waals surface area contributed by atoms with E-state index in [-0.39, 0.29) is 6.61 Å². The van der Waals surface area contributed by atoms with Crippen LogP contribution < -0.4 is 4.74 Å². The zero-order valence-electron chi connectivity index (χ0n) is 16.3. The zero-order valence-corrected chi connectivity index (χ0v) is 17.9. The molecule has 0 bridgehead atoms. The van der Waals surface area contributed by atoms with Gasteiger partial charge in [0.2, 0.25) is 0 Å². The molecule has 0 aliphatic rings. The molecule has 29 heavy (non-hydrogen) atoms. The Bertz CT molecular complexity index is 1070. The molecular weight excluding hydrogens is 402 g/mol. The van der Waals surface area contributed by atoms with Crippen LogP contribution in [0.25, 0.3) is 10.6 Å². The molecule has 0 radical (unpaired) electrons. The van der Waals surface area contributed by atoms with E-state index in [1.165, 1.54) is 17.3 Å². The van der Waals surface area contributed by atoms with Gasteiger partial charge in [0.1, 0.15) is 10.8 Å². The molecule has 2 aromatic heterocycles. The van der Waals surface area contributed by atoms with Crippen LogP contribution in [-0.2, 0) is 18.8 Å². The van der Waals surface area contributed by atoms with Gasteiger partial charge in [-0.3, -0.25) is 0 Å². The van der Waals surface area contributed by atoms with E-state index in [9.17, 15) is 0 Å². The first kappa shape index (κ1) is 19.7. The van der Waals surface area contributed by atoms with Gasteiger partial charge in [-0.2, -0.15) is 0 Å². The first-order valence-corrected chi connectivity index (χ1v) is 11.2. The van der Waals surface area contributed by atoms with E-state index < -0.39 is 0 Å². The minimum absolute atomic E-state index is 0.256. The van der Waals surface area contributed by atoms with Crippen LogP contribution in [0.5, 0.6) is 5.75 Å². The molecule has 0 spiro atoms. The minimum Gasteiger partial charge on any atom is -0.484 e. The Morgan fingerprint density at radius 3 is 2.76 bits per heavy atom. The average Bonchev–Trinajstić information content (AvgIpc) is 3.40. The van der Waals surface area contributed by atoms with E-state index in [1.807, 2.05) is 31.2 Å². The molecule has 5 nitrogen and oxygen atoms in total. The predicted molar refractivity (Wildman–Crippen MR) is 116 cm³/mol. The minimum atomic E-state index is 0.256. The summed E-state index contributed by atoms with van der Waals surface area (Å²) in [5.41, 5.74) is 4.63. The topological polar surface area (TPSA) is 61.0 Å². The monoisotopic (exact) mass is 423 g/mol. The molecule has 148 valence electrons. The number of ether oxygens (including phenoxy) is 1. The van der Waals surface area contributed by atoms with Gasteiger partial charge >= 0.3 is 0 Å². The fraction of sp³-hybridized carbons (Fsp3) is 0.227. The molecule has 0 unspecified atom stereocenters. The van der Waals surface area contributed by atoms with Crippen molar-refractivity contribution in [2.24, 2.45) is 0 Å². The largest absolute Gasteiger partial charge is 0.484 e. The van der Waals surface area contributed by atoms with Crippen molar-refractivity contribution in [3.63, 3.8) is 0 Å². The second-order valence-electron chi connectivity index (χ2n) is 6.55. The van der Waals surface area contributed by atoms with Crippen molar-refractivity contribution >= 4 is 23.1 Å². The van der Waals surface area contributed by atoms with Crippen molar-refractivity contribution in [1.82, 2.24) is 15.2 Å². The fourth-order valence-corrected chi connectivity index (χ4v) is 4.33. The fourth-order valence-electron chi connectivity index (χ4n) is 2.73. The summed E-state index contributed by atoms with van der Waals surface area (Å²) in [7, 11) is 0. The van der Waals surface area contributed by atoms with E-state index >= 15 is 0 Å². The molecular formula is C22H21N3O2S2. The summed E-state index contributed by atoms with van der Waals surface area (Å²) in [4.78, 5) is 4.73. The van der Waals surface area contributed by atoms with Gasteiger partial charge in [0, 0.05) is 16.7 Å². The van der Waals surface area contributed by atoms with Crippen molar-refractivity contribution in [2.45, 2.75) is 37.9 Å². The molecule has 0 atom stereocenters. The number of thiazole rings is 1. The third-order valence-electron chi connectivity index (χ3n) is 4.30. The number of benzene rings is 2. The lowest BCUT2D eigenvalue weighted by atomic mass is 10.1. The number of thioether (sulfide) groups is 1. The lowest BCUT2D eigenvalue weighted by molar-refractivity contribution is 0.252. The van der Waals surface area contributed by atoms with Crippen molar-refractivity contribution in [3.8, 4) is 16.3 Å². The molecule has 0 amide bonds. The van der Waals surface area contributed by atoms with E-state index in [2.05, 4.69) is 46.8 Å². The lowest BCUT2D eigenvalue weighted by Gasteiger charge is -2.03. The van der Waals surface area contributed by atoms with Crippen LogP contribution in [0.1, 0.15) is 29.6 Å². The normalized spacial score (nSPS) is 11.0. The van der Waals surface area contributed by atoms with Crippen LogP contribution in [0.3, 0.4) is 0 Å². The van der Waals surface area contributed by atoms with Gasteiger partial charge in [0.15, 0.2) is 6.61 Å². The number of aromatic nitrogens is 3. The summed E-state index contributed by atoms with van der Waals surface area (Å²) >= 11 is 3.13. The molecule has 0 aliphatic carbocycles. The Balaban J connectivity index is 1.31. The maximum absolute atomic E-state index is 5.70. The first-order chi connectivity index (χ1) is 14.2. The maximum Gasteiger partial charge on any atom is 0.277 e. The Kier molecular flexibility index (Phi) is 6.27. The Hall–Kier alpha value is -2.64. The quantitative estimate of drug-likeness (QED) is 0.327. The molecule has 2 heterocycles. The summed E-state index contributed by atoms with van der Waals surface area (Å²) in [6, 6.07) is 16.4. The van der Waals surface area contributed by atoms with Crippen LogP contribution in [0.15, 0.2) is 63.6 Å². The van der Waals surface area contributed by atoms with E-state index in [4.69, 9.17) is 14.1 Å².